The molecular formula is C24H30ClN9O. The maximum Gasteiger partial charge on any atom is 0.245 e. The predicted octanol–water partition coefficient (Wildman–Crippen LogP) is 3.35. The number of anilines is 1. The van der Waals surface area contributed by atoms with Crippen molar-refractivity contribution >= 4 is 24.0 Å². The second kappa shape index (κ2) is 9.35. The molecule has 10 nitrogen and oxygen atoms in total. The normalized spacial score (nSPS) is 16.0. The lowest BCUT2D eigenvalue weighted by Gasteiger charge is -2.25. The van der Waals surface area contributed by atoms with Crippen LogP contribution in [0.5, 0.6) is 5.75 Å². The molecule has 1 atom stereocenters. The molecule has 0 aliphatic carbocycles. The maximum atomic E-state index is 10.7. The number of aryl methyl sites for hydroxylation is 2. The third-order valence-corrected chi connectivity index (χ3v) is 5.79. The van der Waals surface area contributed by atoms with E-state index in [2.05, 4.69) is 61.2 Å². The molecule has 0 amide bonds. The summed E-state index contributed by atoms with van der Waals surface area (Å²) in [6.07, 6.45) is 6.19. The number of aromatic nitrogens is 7. The zero-order valence-electron chi connectivity index (χ0n) is 20.5. The molecule has 35 heavy (non-hydrogen) atoms. The first-order valence-electron chi connectivity index (χ1n) is 11.4. The lowest BCUT2D eigenvalue weighted by atomic mass is 10.1. The minimum Gasteiger partial charge on any atom is -0.506 e. The highest BCUT2D eigenvalue weighted by atomic mass is 35.5. The van der Waals surface area contributed by atoms with Crippen LogP contribution < -0.4 is 10.2 Å². The second-order valence-electron chi connectivity index (χ2n) is 9.92. The van der Waals surface area contributed by atoms with Gasteiger partial charge in [-0.05, 0) is 58.7 Å². The van der Waals surface area contributed by atoms with E-state index in [-0.39, 0.29) is 23.7 Å². The molecule has 184 valence electrons. The van der Waals surface area contributed by atoms with Gasteiger partial charge in [-0.1, -0.05) is 0 Å². The predicted molar refractivity (Wildman–Crippen MR) is 137 cm³/mol. The van der Waals surface area contributed by atoms with Crippen molar-refractivity contribution in [2.75, 3.05) is 18.0 Å². The van der Waals surface area contributed by atoms with Crippen LogP contribution >= 0.6 is 12.4 Å². The van der Waals surface area contributed by atoms with E-state index in [4.69, 9.17) is 0 Å². The van der Waals surface area contributed by atoms with E-state index in [1.807, 2.05) is 26.1 Å². The summed E-state index contributed by atoms with van der Waals surface area (Å²) in [5, 5.41) is 27.5. The molecule has 1 fully saturated rings. The molecule has 1 aliphatic heterocycles. The number of aromatic hydroxyl groups is 1. The first kappa shape index (κ1) is 24.7. The Kier molecular flexibility index (Phi) is 6.61. The number of hydrogen-bond donors (Lipinski definition) is 2. The minimum atomic E-state index is -0.00155. The number of rotatable bonds is 4. The highest BCUT2D eigenvalue weighted by molar-refractivity contribution is 5.85. The zero-order valence-corrected chi connectivity index (χ0v) is 21.3. The van der Waals surface area contributed by atoms with Gasteiger partial charge in [0.05, 0.1) is 23.8 Å². The van der Waals surface area contributed by atoms with E-state index in [1.54, 1.807) is 23.0 Å². The van der Waals surface area contributed by atoms with Gasteiger partial charge in [-0.15, -0.1) is 22.6 Å². The van der Waals surface area contributed by atoms with Crippen molar-refractivity contribution in [1.29, 1.82) is 0 Å². The standard InChI is InChI=1S/C24H29N9O.ClH/c1-14-8-18(31-33-12-15(2)27-22(14)33)16-9-20(34)21(25-10-16)19-11-26-23(30-29-19)32-7-6-17(13-32)28-24(3,4)5;/h8-12,17,28,34H,6-7,13H2,1-5H3;1H/t17-;/m1./s1. The fourth-order valence-corrected chi connectivity index (χ4v) is 4.37. The Labute approximate surface area is 210 Å². The number of pyridine rings is 1. The van der Waals surface area contributed by atoms with Crippen molar-refractivity contribution in [1.82, 2.24) is 40.1 Å². The number of imidazole rings is 1. The van der Waals surface area contributed by atoms with E-state index in [0.29, 0.717) is 34.6 Å². The molecule has 5 heterocycles. The van der Waals surface area contributed by atoms with E-state index in [1.165, 1.54) is 0 Å². The van der Waals surface area contributed by atoms with Crippen molar-refractivity contribution in [2.24, 2.45) is 0 Å². The van der Waals surface area contributed by atoms with Gasteiger partial charge in [0.25, 0.3) is 0 Å². The summed E-state index contributed by atoms with van der Waals surface area (Å²) in [5.74, 6) is 0.583. The summed E-state index contributed by atoms with van der Waals surface area (Å²) in [6.45, 7) is 12.1. The van der Waals surface area contributed by atoms with Gasteiger partial charge < -0.3 is 15.3 Å². The van der Waals surface area contributed by atoms with Gasteiger partial charge in [-0.25, -0.2) is 19.5 Å². The Morgan fingerprint density at radius 3 is 2.54 bits per heavy atom. The van der Waals surface area contributed by atoms with E-state index >= 15 is 0 Å². The van der Waals surface area contributed by atoms with Crippen molar-refractivity contribution in [3.8, 4) is 28.4 Å². The van der Waals surface area contributed by atoms with Crippen molar-refractivity contribution < 1.29 is 5.11 Å². The molecule has 2 N–H and O–H groups in total. The monoisotopic (exact) mass is 495 g/mol. The largest absolute Gasteiger partial charge is 0.506 e. The van der Waals surface area contributed by atoms with Crippen LogP contribution in [0.3, 0.4) is 0 Å². The SMILES string of the molecule is Cc1cn2nc(-c3cnc(-c4cnc(N5CC[C@@H](NC(C)(C)C)C5)nn4)c(O)c3)cc(C)c2n1.Cl. The summed E-state index contributed by atoms with van der Waals surface area (Å²) < 4.78 is 1.75. The number of halogens is 1. The van der Waals surface area contributed by atoms with Crippen LogP contribution in [-0.4, -0.2) is 64.5 Å². The molecule has 11 heteroatoms. The molecule has 0 saturated carbocycles. The fraction of sp³-hybridized carbons (Fsp3) is 0.417. The maximum absolute atomic E-state index is 10.7. The Bertz CT molecular complexity index is 1350. The first-order chi connectivity index (χ1) is 16.2. The van der Waals surface area contributed by atoms with Gasteiger partial charge >= 0.3 is 0 Å². The first-order valence-corrected chi connectivity index (χ1v) is 11.4. The fourth-order valence-electron chi connectivity index (χ4n) is 4.37. The average molecular weight is 496 g/mol. The molecule has 0 unspecified atom stereocenters. The van der Waals surface area contributed by atoms with Gasteiger partial charge in [-0.3, -0.25) is 0 Å². The van der Waals surface area contributed by atoms with Crippen LogP contribution in [0.15, 0.2) is 30.7 Å². The third-order valence-electron chi connectivity index (χ3n) is 5.79. The topological polar surface area (TPSA) is 117 Å². The summed E-state index contributed by atoms with van der Waals surface area (Å²) in [4.78, 5) is 15.5. The number of nitrogens with one attached hydrogen (secondary N) is 1. The second-order valence-corrected chi connectivity index (χ2v) is 9.92. The van der Waals surface area contributed by atoms with Gasteiger partial charge in [0.2, 0.25) is 5.95 Å². The number of nitrogens with zero attached hydrogens (tertiary/aromatic N) is 8. The summed E-state index contributed by atoms with van der Waals surface area (Å²) in [7, 11) is 0. The van der Waals surface area contributed by atoms with E-state index < -0.39 is 0 Å². The number of fused-ring (bicyclic) bond motifs is 1. The van der Waals surface area contributed by atoms with Crippen molar-refractivity contribution in [2.45, 2.75) is 52.6 Å². The van der Waals surface area contributed by atoms with Crippen LogP contribution in [0, 0.1) is 13.8 Å². The van der Waals surface area contributed by atoms with Crippen LogP contribution in [0.2, 0.25) is 0 Å². The molecule has 0 aromatic carbocycles. The molecule has 0 radical (unpaired) electrons. The Morgan fingerprint density at radius 2 is 1.86 bits per heavy atom. The van der Waals surface area contributed by atoms with E-state index in [9.17, 15) is 5.11 Å². The summed E-state index contributed by atoms with van der Waals surface area (Å²) in [6, 6.07) is 3.97. The number of hydrogen-bond acceptors (Lipinski definition) is 9. The highest BCUT2D eigenvalue weighted by Crippen LogP contribution is 2.30. The van der Waals surface area contributed by atoms with Crippen LogP contribution in [0.1, 0.15) is 38.4 Å². The molecule has 0 spiro atoms. The molecule has 1 aliphatic rings. The third kappa shape index (κ3) is 5.18. The van der Waals surface area contributed by atoms with Gasteiger partial charge in [0.1, 0.15) is 17.1 Å². The van der Waals surface area contributed by atoms with Gasteiger partial charge in [0, 0.05) is 36.4 Å². The van der Waals surface area contributed by atoms with Crippen LogP contribution in [0.25, 0.3) is 28.3 Å². The molecule has 4 aromatic heterocycles. The van der Waals surface area contributed by atoms with Crippen LogP contribution in [-0.2, 0) is 0 Å². The van der Waals surface area contributed by atoms with Gasteiger partial charge in [-0.2, -0.15) is 5.10 Å². The quantitative estimate of drug-likeness (QED) is 0.439. The highest BCUT2D eigenvalue weighted by Gasteiger charge is 2.27. The van der Waals surface area contributed by atoms with Crippen molar-refractivity contribution in [3.05, 3.63) is 42.0 Å². The summed E-state index contributed by atoms with van der Waals surface area (Å²) in [5.41, 5.74) is 4.92. The van der Waals surface area contributed by atoms with Crippen LogP contribution in [0.4, 0.5) is 5.95 Å². The molecule has 4 aromatic rings. The Morgan fingerprint density at radius 1 is 1.06 bits per heavy atom. The lowest BCUT2D eigenvalue weighted by molar-refractivity contribution is 0.373. The molecule has 5 rings (SSSR count). The Hall–Kier alpha value is -3.37. The average Bonchev–Trinajstić information content (AvgIpc) is 3.38. The van der Waals surface area contributed by atoms with Gasteiger partial charge in [0.15, 0.2) is 5.65 Å². The zero-order chi connectivity index (χ0) is 24.0. The summed E-state index contributed by atoms with van der Waals surface area (Å²) >= 11 is 0. The van der Waals surface area contributed by atoms with E-state index in [0.717, 1.165) is 36.4 Å². The molecule has 1 saturated heterocycles. The lowest BCUT2D eigenvalue weighted by Crippen LogP contribution is -2.45. The van der Waals surface area contributed by atoms with Crippen molar-refractivity contribution in [3.63, 3.8) is 0 Å². The molecular weight excluding hydrogens is 466 g/mol. The Balaban J connectivity index is 0.00000289. The smallest absolute Gasteiger partial charge is 0.245 e. The minimum absolute atomic E-state index is 0. The molecule has 0 bridgehead atoms.